The molecule has 0 N–H and O–H groups in total. The molecule has 7 nitrogen and oxygen atoms in total. The third-order valence-electron chi connectivity index (χ3n) is 13.7. The van der Waals surface area contributed by atoms with Crippen molar-refractivity contribution in [2.24, 2.45) is 5.92 Å². The molecule has 13 rings (SSSR count). The van der Waals surface area contributed by atoms with Gasteiger partial charge in [0.25, 0.3) is 0 Å². The zero-order valence-electron chi connectivity index (χ0n) is 37.1. The van der Waals surface area contributed by atoms with Gasteiger partial charge in [0.1, 0.15) is 6.07 Å². The van der Waals surface area contributed by atoms with Gasteiger partial charge in [-0.05, 0) is 86.2 Å². The van der Waals surface area contributed by atoms with Gasteiger partial charge in [-0.15, -0.1) is 0 Å². The van der Waals surface area contributed by atoms with Gasteiger partial charge in [0.05, 0.1) is 44.5 Å². The summed E-state index contributed by atoms with van der Waals surface area (Å²) in [6.07, 6.45) is 14.4. The van der Waals surface area contributed by atoms with E-state index in [4.69, 9.17) is 15.0 Å². The molecule has 2 aliphatic rings. The number of para-hydroxylation sites is 2. The van der Waals surface area contributed by atoms with Crippen molar-refractivity contribution in [1.29, 1.82) is 5.26 Å². The first-order valence-corrected chi connectivity index (χ1v) is 23.1. The SMILES string of the molecule is Cc1ccc2c(c1)c1c(n2-c2cc(-n3c4ccccc4c4ccc5c6ccccc6n(C6=CCCC=C6)c5c43)c(C#N)cc2-c2nc(-c3ccccc3)nc(-c3ccccc3)n2)C=CC(C)C1. The zero-order chi connectivity index (χ0) is 44.8. The third-order valence-corrected chi connectivity index (χ3v) is 13.7. The Balaban J connectivity index is 1.20. The Labute approximate surface area is 387 Å². The molecule has 0 aliphatic heterocycles. The Morgan fingerprint density at radius 3 is 1.82 bits per heavy atom. The third kappa shape index (κ3) is 6.07. The molecular weight excluding hydrogens is 819 g/mol. The van der Waals surface area contributed by atoms with Crippen molar-refractivity contribution >= 4 is 66.3 Å². The Bertz CT molecular complexity index is 3930. The van der Waals surface area contributed by atoms with E-state index in [9.17, 15) is 5.26 Å². The van der Waals surface area contributed by atoms with Gasteiger partial charge >= 0.3 is 0 Å². The minimum absolute atomic E-state index is 0.384. The monoisotopic (exact) mass is 861 g/mol. The van der Waals surface area contributed by atoms with Crippen molar-refractivity contribution in [2.45, 2.75) is 33.1 Å². The molecule has 0 amide bonds. The zero-order valence-corrected chi connectivity index (χ0v) is 37.1. The van der Waals surface area contributed by atoms with Crippen LogP contribution in [-0.2, 0) is 6.42 Å². The highest BCUT2D eigenvalue weighted by atomic mass is 15.1. The lowest BCUT2D eigenvalue weighted by atomic mass is 9.93. The van der Waals surface area contributed by atoms with Gasteiger partial charge in [-0.25, -0.2) is 15.0 Å². The second-order valence-electron chi connectivity index (χ2n) is 18.0. The average Bonchev–Trinajstić information content (AvgIpc) is 4.02. The molecule has 1 atom stereocenters. The van der Waals surface area contributed by atoms with Crippen LogP contribution < -0.4 is 0 Å². The molecule has 67 heavy (non-hydrogen) atoms. The molecule has 0 saturated carbocycles. The van der Waals surface area contributed by atoms with Crippen LogP contribution in [0.2, 0.25) is 0 Å². The topological polar surface area (TPSA) is 77.2 Å². The van der Waals surface area contributed by atoms with Gasteiger partial charge in [0.15, 0.2) is 17.5 Å². The molecular formula is C60H43N7. The summed E-state index contributed by atoms with van der Waals surface area (Å²) >= 11 is 0. The number of nitrogens with zero attached hydrogens (tertiary/aromatic N) is 7. The van der Waals surface area contributed by atoms with Crippen LogP contribution in [0.1, 0.15) is 42.1 Å². The van der Waals surface area contributed by atoms with Gasteiger partial charge in [-0.1, -0.05) is 146 Å². The van der Waals surface area contributed by atoms with Crippen LogP contribution in [0, 0.1) is 24.2 Å². The number of allylic oxidation sites excluding steroid dienone is 5. The number of rotatable bonds is 6. The second-order valence-corrected chi connectivity index (χ2v) is 18.0. The largest absolute Gasteiger partial charge is 0.309 e. The highest BCUT2D eigenvalue weighted by Gasteiger charge is 2.28. The molecule has 1 unspecified atom stereocenters. The summed E-state index contributed by atoms with van der Waals surface area (Å²) in [7, 11) is 0. The van der Waals surface area contributed by atoms with Crippen LogP contribution in [0.5, 0.6) is 0 Å². The number of benzene rings is 7. The van der Waals surface area contributed by atoms with E-state index in [-0.39, 0.29) is 0 Å². The number of aromatic nitrogens is 6. The quantitative estimate of drug-likeness (QED) is 0.167. The molecule has 0 spiro atoms. The first kappa shape index (κ1) is 38.8. The predicted molar refractivity (Wildman–Crippen MR) is 274 cm³/mol. The molecule has 0 radical (unpaired) electrons. The van der Waals surface area contributed by atoms with Crippen LogP contribution >= 0.6 is 0 Å². The molecule has 7 aromatic carbocycles. The Morgan fingerprint density at radius 1 is 0.552 bits per heavy atom. The molecule has 2 aliphatic carbocycles. The number of nitriles is 1. The van der Waals surface area contributed by atoms with Gasteiger partial charge in [-0.2, -0.15) is 5.26 Å². The molecule has 318 valence electrons. The van der Waals surface area contributed by atoms with Crippen LogP contribution in [0.15, 0.2) is 176 Å². The normalized spacial score (nSPS) is 14.6. The van der Waals surface area contributed by atoms with E-state index < -0.39 is 0 Å². The van der Waals surface area contributed by atoms with Gasteiger partial charge in [0, 0.05) is 55.0 Å². The minimum Gasteiger partial charge on any atom is -0.309 e. The van der Waals surface area contributed by atoms with E-state index in [2.05, 4.69) is 149 Å². The number of fused-ring (bicyclic) bond motifs is 10. The summed E-state index contributed by atoms with van der Waals surface area (Å²) in [5.41, 5.74) is 14.9. The molecule has 4 heterocycles. The summed E-state index contributed by atoms with van der Waals surface area (Å²) in [5, 5.41) is 17.4. The van der Waals surface area contributed by atoms with E-state index in [1.54, 1.807) is 0 Å². The molecule has 11 aromatic rings. The van der Waals surface area contributed by atoms with Gasteiger partial charge in [0.2, 0.25) is 0 Å². The van der Waals surface area contributed by atoms with Crippen molar-refractivity contribution in [3.8, 4) is 51.6 Å². The first-order chi connectivity index (χ1) is 33.0. The lowest BCUT2D eigenvalue weighted by Crippen LogP contribution is -2.09. The van der Waals surface area contributed by atoms with Crippen LogP contribution in [0.4, 0.5) is 0 Å². The molecule has 0 bridgehead atoms. The molecule has 7 heteroatoms. The van der Waals surface area contributed by atoms with Crippen molar-refractivity contribution in [3.05, 3.63) is 198 Å². The van der Waals surface area contributed by atoms with Gasteiger partial charge in [-0.3, -0.25) is 0 Å². The summed E-state index contributed by atoms with van der Waals surface area (Å²) in [5.74, 6) is 1.99. The maximum atomic E-state index is 11.6. The standard InChI is InChI=1S/C60H43N7/c1-37-26-30-52-47(32-37)48-33-38(2)27-31-53(48)66(52)55-35-54(41(36-61)34-49(55)60-63-58(39-16-6-3-7-17-39)62-59(64-60)40-18-8-4-9-19-40)67-51-25-15-13-23-44(51)46-29-28-45-43-22-12-14-24-50(43)65(56(45)57(46)67)42-20-10-5-11-21-42/h3-4,6-10,12-32,34-35,38H,5,11,33H2,1-2H3. The van der Waals surface area contributed by atoms with E-state index in [1.165, 1.54) is 21.9 Å². The molecule has 4 aromatic heterocycles. The van der Waals surface area contributed by atoms with Crippen LogP contribution in [0.25, 0.3) is 112 Å². The number of hydrogen-bond donors (Lipinski definition) is 0. The Hall–Kier alpha value is -8.60. The Morgan fingerprint density at radius 2 is 1.16 bits per heavy atom. The summed E-state index contributed by atoms with van der Waals surface area (Å²) in [6.45, 7) is 4.45. The fraction of sp³-hybridized carbons (Fsp3) is 0.100. The van der Waals surface area contributed by atoms with Crippen molar-refractivity contribution in [2.75, 3.05) is 0 Å². The first-order valence-electron chi connectivity index (χ1n) is 23.1. The van der Waals surface area contributed by atoms with Crippen molar-refractivity contribution in [1.82, 2.24) is 28.7 Å². The van der Waals surface area contributed by atoms with E-state index in [0.717, 1.165) is 102 Å². The van der Waals surface area contributed by atoms with E-state index >= 15 is 0 Å². The summed E-state index contributed by atoms with van der Waals surface area (Å²) in [4.78, 5) is 15.7. The summed E-state index contributed by atoms with van der Waals surface area (Å²) < 4.78 is 7.17. The second kappa shape index (κ2) is 15.3. The summed E-state index contributed by atoms with van der Waals surface area (Å²) in [6, 6.07) is 55.7. The minimum atomic E-state index is 0.384. The maximum absolute atomic E-state index is 11.6. The molecule has 0 saturated heterocycles. The van der Waals surface area contributed by atoms with Crippen molar-refractivity contribution in [3.63, 3.8) is 0 Å². The predicted octanol–water partition coefficient (Wildman–Crippen LogP) is 14.6. The van der Waals surface area contributed by atoms with Gasteiger partial charge < -0.3 is 13.7 Å². The van der Waals surface area contributed by atoms with Crippen LogP contribution in [0.3, 0.4) is 0 Å². The molecule has 0 fully saturated rings. The maximum Gasteiger partial charge on any atom is 0.166 e. The fourth-order valence-electron chi connectivity index (χ4n) is 10.7. The van der Waals surface area contributed by atoms with Crippen molar-refractivity contribution < 1.29 is 0 Å². The average molecular weight is 862 g/mol. The lowest BCUT2D eigenvalue weighted by Gasteiger charge is -2.21. The highest BCUT2D eigenvalue weighted by Crippen LogP contribution is 2.45. The lowest BCUT2D eigenvalue weighted by molar-refractivity contribution is 0.717. The fourth-order valence-corrected chi connectivity index (χ4v) is 10.7. The smallest absolute Gasteiger partial charge is 0.166 e. The number of hydrogen-bond acceptors (Lipinski definition) is 4. The highest BCUT2D eigenvalue weighted by molar-refractivity contribution is 6.24. The Kier molecular flexibility index (Phi) is 8.84. The van der Waals surface area contributed by atoms with Crippen LogP contribution in [-0.4, -0.2) is 28.7 Å². The number of aryl methyl sites for hydroxylation is 1. The van der Waals surface area contributed by atoms with E-state index in [1.807, 2.05) is 66.7 Å². The van der Waals surface area contributed by atoms with E-state index in [0.29, 0.717) is 29.0 Å².